The molecule has 3 fully saturated rings. The monoisotopic (exact) mass is 151 g/mol. The second-order valence-corrected chi connectivity index (χ2v) is 4.49. The maximum absolute atomic E-state index is 2.86. The van der Waals surface area contributed by atoms with Gasteiger partial charge >= 0.3 is 0 Å². The zero-order valence-corrected chi connectivity index (χ0v) is 7.13. The molecule has 0 N–H and O–H groups in total. The average molecular weight is 151 g/mol. The van der Waals surface area contributed by atoms with Crippen LogP contribution in [0.3, 0.4) is 0 Å². The summed E-state index contributed by atoms with van der Waals surface area (Å²) in [4.78, 5) is 2.86. The van der Waals surface area contributed by atoms with Gasteiger partial charge in [-0.1, -0.05) is 6.42 Å². The minimum absolute atomic E-state index is 1.02. The number of nitrogens with zero attached hydrogens (tertiary/aromatic N) is 1. The van der Waals surface area contributed by atoms with E-state index in [4.69, 9.17) is 0 Å². The minimum Gasteiger partial charge on any atom is -0.294 e. The van der Waals surface area contributed by atoms with Gasteiger partial charge in [0.05, 0.1) is 0 Å². The molecule has 3 aliphatic rings. The molecule has 0 aromatic heterocycles. The van der Waals surface area contributed by atoms with Crippen LogP contribution in [0.1, 0.15) is 44.9 Å². The van der Waals surface area contributed by atoms with Crippen LogP contribution in [0.25, 0.3) is 0 Å². The fourth-order valence-corrected chi connectivity index (χ4v) is 3.13. The third kappa shape index (κ3) is 0.936. The van der Waals surface area contributed by atoms with Gasteiger partial charge < -0.3 is 0 Å². The first-order chi connectivity index (χ1) is 5.45. The highest BCUT2D eigenvalue weighted by molar-refractivity contribution is 4.99. The van der Waals surface area contributed by atoms with E-state index in [0.717, 1.165) is 18.1 Å². The molecule has 62 valence electrons. The Balaban J connectivity index is 1.80. The summed E-state index contributed by atoms with van der Waals surface area (Å²) < 4.78 is 0. The van der Waals surface area contributed by atoms with E-state index in [0.29, 0.717) is 0 Å². The molecule has 2 atom stereocenters. The van der Waals surface area contributed by atoms with Crippen LogP contribution in [0.4, 0.5) is 0 Å². The molecule has 0 amide bonds. The van der Waals surface area contributed by atoms with Crippen molar-refractivity contribution in [2.75, 3.05) is 0 Å². The van der Waals surface area contributed by atoms with Crippen LogP contribution in [0.5, 0.6) is 0 Å². The molecule has 2 bridgehead atoms. The van der Waals surface area contributed by atoms with E-state index in [1.807, 2.05) is 0 Å². The smallest absolute Gasteiger partial charge is 0.0102 e. The Labute approximate surface area is 68.8 Å². The predicted molar refractivity (Wildman–Crippen MR) is 45.5 cm³/mol. The minimum atomic E-state index is 1.02. The van der Waals surface area contributed by atoms with Crippen LogP contribution in [-0.4, -0.2) is 23.0 Å². The van der Waals surface area contributed by atoms with Gasteiger partial charge in [0, 0.05) is 18.1 Å². The predicted octanol–water partition coefficient (Wildman–Crippen LogP) is 2.17. The van der Waals surface area contributed by atoms with Crippen molar-refractivity contribution < 1.29 is 0 Å². The van der Waals surface area contributed by atoms with Gasteiger partial charge in [-0.25, -0.2) is 0 Å². The van der Waals surface area contributed by atoms with Crippen molar-refractivity contribution in [1.29, 1.82) is 0 Å². The lowest BCUT2D eigenvalue weighted by molar-refractivity contribution is 0.131. The first-order valence-electron chi connectivity index (χ1n) is 5.22. The van der Waals surface area contributed by atoms with Crippen LogP contribution in [0.15, 0.2) is 0 Å². The Morgan fingerprint density at radius 3 is 1.64 bits per heavy atom. The van der Waals surface area contributed by atoms with Gasteiger partial charge in [-0.2, -0.15) is 0 Å². The molecule has 11 heavy (non-hydrogen) atoms. The Morgan fingerprint density at radius 2 is 1.09 bits per heavy atom. The number of hydrogen-bond acceptors (Lipinski definition) is 1. The molecule has 1 saturated carbocycles. The van der Waals surface area contributed by atoms with Gasteiger partial charge in [0.2, 0.25) is 0 Å². The fraction of sp³-hybridized carbons (Fsp3) is 1.00. The highest BCUT2D eigenvalue weighted by Crippen LogP contribution is 2.42. The molecule has 1 nitrogen and oxygen atoms in total. The Bertz CT molecular complexity index is 146. The topological polar surface area (TPSA) is 3.24 Å². The first-order valence-corrected chi connectivity index (χ1v) is 5.22. The first kappa shape index (κ1) is 6.47. The maximum atomic E-state index is 2.86. The number of hydrogen-bond donors (Lipinski definition) is 0. The van der Waals surface area contributed by atoms with Crippen molar-refractivity contribution in [2.24, 2.45) is 0 Å². The van der Waals surface area contributed by atoms with Crippen molar-refractivity contribution in [3.63, 3.8) is 0 Å². The number of fused-ring (bicyclic) bond motifs is 2. The van der Waals surface area contributed by atoms with Crippen molar-refractivity contribution in [2.45, 2.75) is 63.1 Å². The van der Waals surface area contributed by atoms with Crippen LogP contribution in [0, 0.1) is 0 Å². The molecule has 0 radical (unpaired) electrons. The molecule has 0 aromatic rings. The van der Waals surface area contributed by atoms with Crippen LogP contribution in [-0.2, 0) is 0 Å². The molecule has 1 heteroatoms. The van der Waals surface area contributed by atoms with E-state index < -0.39 is 0 Å². The van der Waals surface area contributed by atoms with Gasteiger partial charge in [0.1, 0.15) is 0 Å². The molecular weight excluding hydrogens is 134 g/mol. The molecule has 2 aliphatic heterocycles. The lowest BCUT2D eigenvalue weighted by atomic mass is 10.0. The third-order valence-corrected chi connectivity index (χ3v) is 3.72. The summed E-state index contributed by atoms with van der Waals surface area (Å²) in [6.45, 7) is 0. The molecule has 0 aromatic carbocycles. The molecular formula is C10H17N. The molecule has 0 spiro atoms. The van der Waals surface area contributed by atoms with Crippen LogP contribution < -0.4 is 0 Å². The average Bonchev–Trinajstić information content (AvgIpc) is 2.81. The second-order valence-electron chi connectivity index (χ2n) is 4.49. The molecule has 3 rings (SSSR count). The molecule has 1 aliphatic carbocycles. The van der Waals surface area contributed by atoms with E-state index in [2.05, 4.69) is 4.90 Å². The standard InChI is InChI=1S/C10H17N/c1-2-8-4-5-9(3-1)11(8)10-6-7-10/h8-10H,1-7H2. The SMILES string of the molecule is C1CC2CCC(C1)N2C1CC1. The lowest BCUT2D eigenvalue weighted by Gasteiger charge is -2.34. The second kappa shape index (κ2) is 2.22. The van der Waals surface area contributed by atoms with E-state index in [-0.39, 0.29) is 0 Å². The summed E-state index contributed by atoms with van der Waals surface area (Å²) in [5.41, 5.74) is 0. The van der Waals surface area contributed by atoms with E-state index in [1.165, 1.54) is 44.9 Å². The Kier molecular flexibility index (Phi) is 1.31. The number of piperidine rings is 1. The quantitative estimate of drug-likeness (QED) is 0.555. The van der Waals surface area contributed by atoms with E-state index in [1.54, 1.807) is 0 Å². The number of rotatable bonds is 1. The third-order valence-electron chi connectivity index (χ3n) is 3.72. The van der Waals surface area contributed by atoms with Crippen molar-refractivity contribution in [3.8, 4) is 0 Å². The van der Waals surface area contributed by atoms with E-state index in [9.17, 15) is 0 Å². The van der Waals surface area contributed by atoms with Gasteiger partial charge in [0.25, 0.3) is 0 Å². The van der Waals surface area contributed by atoms with Gasteiger partial charge in [-0.15, -0.1) is 0 Å². The summed E-state index contributed by atoms with van der Waals surface area (Å²) in [6, 6.07) is 3.07. The van der Waals surface area contributed by atoms with Crippen molar-refractivity contribution in [1.82, 2.24) is 4.90 Å². The van der Waals surface area contributed by atoms with Crippen molar-refractivity contribution in [3.05, 3.63) is 0 Å². The zero-order valence-electron chi connectivity index (χ0n) is 7.13. The largest absolute Gasteiger partial charge is 0.294 e. The molecule has 2 saturated heterocycles. The molecule has 2 heterocycles. The van der Waals surface area contributed by atoms with E-state index >= 15 is 0 Å². The van der Waals surface area contributed by atoms with Crippen LogP contribution >= 0.6 is 0 Å². The fourth-order valence-electron chi connectivity index (χ4n) is 3.13. The summed E-state index contributed by atoms with van der Waals surface area (Å²) in [7, 11) is 0. The highest BCUT2D eigenvalue weighted by Gasteiger charge is 2.43. The van der Waals surface area contributed by atoms with Crippen molar-refractivity contribution >= 4 is 0 Å². The zero-order chi connectivity index (χ0) is 7.26. The Morgan fingerprint density at radius 1 is 0.636 bits per heavy atom. The highest BCUT2D eigenvalue weighted by atomic mass is 15.3. The molecule has 2 unspecified atom stereocenters. The summed E-state index contributed by atoms with van der Waals surface area (Å²) in [5, 5.41) is 0. The lowest BCUT2D eigenvalue weighted by Crippen LogP contribution is -2.41. The van der Waals surface area contributed by atoms with Gasteiger partial charge in [-0.05, 0) is 38.5 Å². The van der Waals surface area contributed by atoms with Gasteiger partial charge in [0.15, 0.2) is 0 Å². The Hall–Kier alpha value is -0.0400. The summed E-state index contributed by atoms with van der Waals surface area (Å²) >= 11 is 0. The van der Waals surface area contributed by atoms with Gasteiger partial charge in [-0.3, -0.25) is 4.90 Å². The summed E-state index contributed by atoms with van der Waals surface area (Å²) in [5.74, 6) is 0. The normalized spacial score (nSPS) is 44.7. The maximum Gasteiger partial charge on any atom is 0.0102 e. The summed E-state index contributed by atoms with van der Waals surface area (Å²) in [6.07, 6.45) is 10.6. The van der Waals surface area contributed by atoms with Crippen LogP contribution in [0.2, 0.25) is 0 Å².